The SMILES string of the molecule is Cn1ncc(Cl)c1/C=c1\s/c(=C/C(=O)C(C)(C)C)[nH]c1=O. The monoisotopic (exact) mass is 325 g/mol. The van der Waals surface area contributed by atoms with Gasteiger partial charge < -0.3 is 4.98 Å². The Balaban J connectivity index is 2.53. The average Bonchev–Trinajstić information content (AvgIpc) is 2.86. The number of halogens is 1. The second kappa shape index (κ2) is 5.61. The van der Waals surface area contributed by atoms with Crippen LogP contribution in [0.1, 0.15) is 26.5 Å². The first-order valence-corrected chi connectivity index (χ1v) is 7.52. The standard InChI is InChI=1S/C14H16ClN3O2S/c1-14(2,3)11(19)6-12-17-13(20)10(21-12)5-9-8(15)7-16-18(9)4/h5-7H,1-4H3,(H,17,20)/b10-5-,12-6+. The summed E-state index contributed by atoms with van der Waals surface area (Å²) in [5.74, 6) is -0.0369. The molecule has 5 nitrogen and oxygen atoms in total. The van der Waals surface area contributed by atoms with Crippen molar-refractivity contribution in [3.05, 3.63) is 36.5 Å². The van der Waals surface area contributed by atoms with Gasteiger partial charge in [-0.05, 0) is 6.08 Å². The Hall–Kier alpha value is -1.66. The van der Waals surface area contributed by atoms with Crippen molar-refractivity contribution in [1.29, 1.82) is 0 Å². The molecule has 0 unspecified atom stereocenters. The predicted octanol–water partition coefficient (Wildman–Crippen LogP) is 1.05. The van der Waals surface area contributed by atoms with Crippen molar-refractivity contribution in [3.8, 4) is 0 Å². The minimum absolute atomic E-state index is 0.0369. The Morgan fingerprint density at radius 1 is 1.48 bits per heavy atom. The number of aromatic amines is 1. The van der Waals surface area contributed by atoms with Gasteiger partial charge in [0.1, 0.15) is 0 Å². The number of nitrogens with one attached hydrogen (secondary N) is 1. The van der Waals surface area contributed by atoms with Gasteiger partial charge in [0.05, 0.1) is 26.1 Å². The summed E-state index contributed by atoms with van der Waals surface area (Å²) in [6.07, 6.45) is 4.65. The van der Waals surface area contributed by atoms with Crippen molar-refractivity contribution in [1.82, 2.24) is 14.8 Å². The molecule has 0 spiro atoms. The molecular weight excluding hydrogens is 310 g/mol. The molecule has 2 aromatic heterocycles. The van der Waals surface area contributed by atoms with Crippen molar-refractivity contribution >= 4 is 40.9 Å². The quantitative estimate of drug-likeness (QED) is 0.897. The number of aryl methyl sites for hydroxylation is 1. The van der Waals surface area contributed by atoms with Crippen molar-refractivity contribution in [3.63, 3.8) is 0 Å². The smallest absolute Gasteiger partial charge is 0.266 e. The van der Waals surface area contributed by atoms with Gasteiger partial charge in [0.15, 0.2) is 5.78 Å². The van der Waals surface area contributed by atoms with Crippen LogP contribution in [0.4, 0.5) is 0 Å². The third-order valence-corrected chi connectivity index (χ3v) is 4.14. The number of nitrogens with zero attached hydrogens (tertiary/aromatic N) is 2. The first kappa shape index (κ1) is 15.7. The molecule has 0 aliphatic heterocycles. The lowest BCUT2D eigenvalue weighted by atomic mass is 9.91. The molecule has 21 heavy (non-hydrogen) atoms. The minimum atomic E-state index is -0.476. The van der Waals surface area contributed by atoms with E-state index >= 15 is 0 Å². The fourth-order valence-corrected chi connectivity index (χ4v) is 2.65. The van der Waals surface area contributed by atoms with E-state index in [9.17, 15) is 9.59 Å². The highest BCUT2D eigenvalue weighted by atomic mass is 35.5. The Labute approximate surface area is 130 Å². The van der Waals surface area contributed by atoms with Gasteiger partial charge in [-0.1, -0.05) is 32.4 Å². The van der Waals surface area contributed by atoms with Crippen molar-refractivity contribution in [2.24, 2.45) is 12.5 Å². The van der Waals surface area contributed by atoms with E-state index in [0.29, 0.717) is 19.9 Å². The van der Waals surface area contributed by atoms with Gasteiger partial charge in [0, 0.05) is 18.5 Å². The van der Waals surface area contributed by atoms with Crippen LogP contribution in [0.3, 0.4) is 0 Å². The van der Waals surface area contributed by atoms with E-state index in [2.05, 4.69) is 10.1 Å². The Morgan fingerprint density at radius 2 is 2.14 bits per heavy atom. The predicted molar refractivity (Wildman–Crippen MR) is 84.9 cm³/mol. The van der Waals surface area contributed by atoms with E-state index < -0.39 is 5.41 Å². The maximum atomic E-state index is 12.0. The highest BCUT2D eigenvalue weighted by Gasteiger charge is 2.18. The molecule has 0 saturated heterocycles. The van der Waals surface area contributed by atoms with Gasteiger partial charge in [-0.15, -0.1) is 11.3 Å². The number of carbonyl (C=O) groups excluding carboxylic acids is 1. The summed E-state index contributed by atoms with van der Waals surface area (Å²) >= 11 is 7.23. The van der Waals surface area contributed by atoms with Gasteiger partial charge in [0.2, 0.25) is 0 Å². The molecule has 112 valence electrons. The molecule has 1 N–H and O–H groups in total. The largest absolute Gasteiger partial charge is 0.313 e. The molecule has 0 fully saturated rings. The summed E-state index contributed by atoms with van der Waals surface area (Å²) in [7, 11) is 1.75. The zero-order chi connectivity index (χ0) is 15.8. The van der Waals surface area contributed by atoms with E-state index in [1.165, 1.54) is 23.6 Å². The number of thiazole rings is 1. The fourth-order valence-electron chi connectivity index (χ4n) is 1.57. The molecule has 0 saturated carbocycles. The second-order valence-corrected chi connectivity index (χ2v) is 7.18. The zero-order valence-corrected chi connectivity index (χ0v) is 13.8. The number of carbonyl (C=O) groups is 1. The summed E-state index contributed by atoms with van der Waals surface area (Å²) in [4.78, 5) is 26.6. The van der Waals surface area contributed by atoms with Crippen LogP contribution >= 0.6 is 22.9 Å². The first-order chi connectivity index (χ1) is 9.68. The van der Waals surface area contributed by atoms with Gasteiger partial charge >= 0.3 is 0 Å². The van der Waals surface area contributed by atoms with Gasteiger partial charge in [0.25, 0.3) is 5.56 Å². The van der Waals surface area contributed by atoms with Crippen LogP contribution in [0.2, 0.25) is 5.02 Å². The van der Waals surface area contributed by atoms with Crippen molar-refractivity contribution in [2.75, 3.05) is 0 Å². The van der Waals surface area contributed by atoms with Crippen molar-refractivity contribution < 1.29 is 4.79 Å². The van der Waals surface area contributed by atoms with Crippen LogP contribution in [0.5, 0.6) is 0 Å². The van der Waals surface area contributed by atoms with Crippen LogP contribution in [0.25, 0.3) is 12.2 Å². The Bertz CT molecular complexity index is 833. The molecule has 2 heterocycles. The lowest BCUT2D eigenvalue weighted by Gasteiger charge is -2.12. The van der Waals surface area contributed by atoms with E-state index in [0.717, 1.165) is 0 Å². The summed E-state index contributed by atoms with van der Waals surface area (Å²) in [5, 5.41) is 4.49. The molecule has 0 aliphatic carbocycles. The van der Waals surface area contributed by atoms with E-state index in [4.69, 9.17) is 11.6 Å². The normalized spacial score (nSPS) is 14.0. The zero-order valence-electron chi connectivity index (χ0n) is 12.2. The Morgan fingerprint density at radius 3 is 2.67 bits per heavy atom. The van der Waals surface area contributed by atoms with Crippen LogP contribution in [0, 0.1) is 5.41 Å². The third-order valence-electron chi connectivity index (χ3n) is 2.89. The fraction of sp³-hybridized carbons (Fsp3) is 0.357. The summed E-state index contributed by atoms with van der Waals surface area (Å²) in [5.41, 5.74) is -0.0706. The Kier molecular flexibility index (Phi) is 4.20. The van der Waals surface area contributed by atoms with Crippen LogP contribution < -0.4 is 14.8 Å². The molecule has 2 rings (SSSR count). The minimum Gasteiger partial charge on any atom is -0.313 e. The van der Waals surface area contributed by atoms with Crippen molar-refractivity contribution in [2.45, 2.75) is 20.8 Å². The van der Waals surface area contributed by atoms with E-state index in [1.807, 2.05) is 20.8 Å². The molecule has 0 radical (unpaired) electrons. The first-order valence-electron chi connectivity index (χ1n) is 6.33. The van der Waals surface area contributed by atoms with Gasteiger partial charge in [-0.2, -0.15) is 5.10 Å². The van der Waals surface area contributed by atoms with Crippen LogP contribution in [-0.2, 0) is 11.8 Å². The number of Topliss-reactive ketones (excluding diaryl/α,β-unsaturated/α-hetero) is 1. The average molecular weight is 326 g/mol. The van der Waals surface area contributed by atoms with Crippen LogP contribution in [-0.4, -0.2) is 20.5 Å². The highest BCUT2D eigenvalue weighted by molar-refractivity contribution is 7.07. The number of aromatic nitrogens is 3. The maximum absolute atomic E-state index is 12.0. The number of rotatable bonds is 2. The topological polar surface area (TPSA) is 67.8 Å². The summed E-state index contributed by atoms with van der Waals surface area (Å²) < 4.78 is 2.60. The van der Waals surface area contributed by atoms with Gasteiger partial charge in [-0.3, -0.25) is 14.3 Å². The molecule has 0 amide bonds. The van der Waals surface area contributed by atoms with E-state index in [-0.39, 0.29) is 11.3 Å². The lowest BCUT2D eigenvalue weighted by Crippen LogP contribution is -2.22. The number of ketones is 1. The van der Waals surface area contributed by atoms with Gasteiger partial charge in [-0.25, -0.2) is 0 Å². The molecule has 2 aromatic rings. The molecule has 0 aliphatic rings. The highest BCUT2D eigenvalue weighted by Crippen LogP contribution is 2.15. The number of hydrogen-bond acceptors (Lipinski definition) is 4. The molecule has 0 atom stereocenters. The number of hydrogen-bond donors (Lipinski definition) is 1. The molecule has 7 heteroatoms. The summed E-state index contributed by atoms with van der Waals surface area (Å²) in [6.45, 7) is 5.50. The maximum Gasteiger partial charge on any atom is 0.266 e. The summed E-state index contributed by atoms with van der Waals surface area (Å²) in [6, 6.07) is 0. The number of H-pyrrole nitrogens is 1. The second-order valence-electron chi connectivity index (χ2n) is 5.69. The third kappa shape index (κ3) is 3.51. The molecule has 0 bridgehead atoms. The molecule has 0 aromatic carbocycles. The lowest BCUT2D eigenvalue weighted by molar-refractivity contribution is -0.119. The molecular formula is C14H16ClN3O2S. The van der Waals surface area contributed by atoms with E-state index in [1.54, 1.807) is 17.8 Å². The van der Waals surface area contributed by atoms with Crippen LogP contribution in [0.15, 0.2) is 11.0 Å².